The van der Waals surface area contributed by atoms with Crippen LogP contribution < -0.4 is 5.32 Å². The average molecular weight is 482 g/mol. The Labute approximate surface area is 194 Å². The largest absolute Gasteiger partial charge is 0.417 e. The van der Waals surface area contributed by atoms with E-state index in [0.29, 0.717) is 17.3 Å². The van der Waals surface area contributed by atoms with E-state index in [1.807, 2.05) is 26.0 Å². The number of nitrogens with one attached hydrogen (secondary N) is 1. The molecule has 0 saturated carbocycles. The van der Waals surface area contributed by atoms with Crippen molar-refractivity contribution < 1.29 is 27.5 Å². The van der Waals surface area contributed by atoms with Gasteiger partial charge in [-0.25, -0.2) is 4.98 Å². The number of halogens is 3. The Morgan fingerprint density at radius 3 is 2.67 bits per heavy atom. The van der Waals surface area contributed by atoms with E-state index in [0.717, 1.165) is 48.0 Å². The van der Waals surface area contributed by atoms with Crippen LogP contribution in [0.4, 0.5) is 18.9 Å². The van der Waals surface area contributed by atoms with Crippen LogP contribution in [-0.4, -0.2) is 53.3 Å². The van der Waals surface area contributed by atoms with Crippen LogP contribution in [0, 0.1) is 13.8 Å². The van der Waals surface area contributed by atoms with Crippen LogP contribution in [0.25, 0.3) is 0 Å². The van der Waals surface area contributed by atoms with Gasteiger partial charge in [0.2, 0.25) is 11.8 Å². The van der Waals surface area contributed by atoms with Gasteiger partial charge >= 0.3 is 6.18 Å². The van der Waals surface area contributed by atoms with Crippen LogP contribution in [0.15, 0.2) is 41.6 Å². The molecule has 0 aliphatic carbocycles. The SMILES string of the molecule is Cc1cccc(NC(=O)CN(CC2CCCO2)C(=O)CSc2ccc(C(F)(F)F)cn2)c1C. The molecule has 0 bridgehead atoms. The topological polar surface area (TPSA) is 71.5 Å². The van der Waals surface area contributed by atoms with E-state index in [4.69, 9.17) is 4.74 Å². The van der Waals surface area contributed by atoms with Gasteiger partial charge in [-0.2, -0.15) is 13.2 Å². The first-order valence-electron chi connectivity index (χ1n) is 10.5. The third-order valence-corrected chi connectivity index (χ3v) is 6.35. The maximum Gasteiger partial charge on any atom is 0.417 e. The van der Waals surface area contributed by atoms with Gasteiger partial charge in [0.15, 0.2) is 0 Å². The van der Waals surface area contributed by atoms with Crippen molar-refractivity contribution in [2.24, 2.45) is 0 Å². The third kappa shape index (κ3) is 7.20. The van der Waals surface area contributed by atoms with Crippen LogP contribution in [0.3, 0.4) is 0 Å². The smallest absolute Gasteiger partial charge is 0.376 e. The zero-order chi connectivity index (χ0) is 24.0. The number of ether oxygens (including phenoxy) is 1. The van der Waals surface area contributed by atoms with Crippen molar-refractivity contribution >= 4 is 29.3 Å². The Hall–Kier alpha value is -2.59. The highest BCUT2D eigenvalue weighted by molar-refractivity contribution is 7.99. The molecule has 1 aromatic heterocycles. The molecule has 1 aliphatic heterocycles. The van der Waals surface area contributed by atoms with E-state index in [1.54, 1.807) is 6.07 Å². The predicted octanol–water partition coefficient (Wildman–Crippen LogP) is 4.46. The molecule has 10 heteroatoms. The fraction of sp³-hybridized carbons (Fsp3) is 0.435. The number of anilines is 1. The van der Waals surface area contributed by atoms with Crippen LogP contribution in [-0.2, 0) is 20.5 Å². The molecule has 1 saturated heterocycles. The summed E-state index contributed by atoms with van der Waals surface area (Å²) < 4.78 is 43.7. The summed E-state index contributed by atoms with van der Waals surface area (Å²) in [5.74, 6) is -0.692. The van der Waals surface area contributed by atoms with Gasteiger partial charge in [-0.1, -0.05) is 23.9 Å². The predicted molar refractivity (Wildman–Crippen MR) is 120 cm³/mol. The van der Waals surface area contributed by atoms with Crippen molar-refractivity contribution in [1.29, 1.82) is 0 Å². The van der Waals surface area contributed by atoms with Crippen molar-refractivity contribution in [2.75, 3.05) is 30.8 Å². The highest BCUT2D eigenvalue weighted by Gasteiger charge is 2.31. The first-order valence-corrected chi connectivity index (χ1v) is 11.5. The van der Waals surface area contributed by atoms with E-state index < -0.39 is 11.7 Å². The van der Waals surface area contributed by atoms with E-state index in [9.17, 15) is 22.8 Å². The first-order chi connectivity index (χ1) is 15.6. The molecular weight excluding hydrogens is 455 g/mol. The molecule has 1 fully saturated rings. The number of aryl methyl sites for hydroxylation is 1. The van der Waals surface area contributed by atoms with E-state index in [-0.39, 0.29) is 36.8 Å². The molecule has 178 valence electrons. The zero-order valence-corrected chi connectivity index (χ0v) is 19.3. The van der Waals surface area contributed by atoms with Gasteiger partial charge in [-0.15, -0.1) is 0 Å². The molecule has 0 spiro atoms. The lowest BCUT2D eigenvalue weighted by Gasteiger charge is -2.25. The lowest BCUT2D eigenvalue weighted by Crippen LogP contribution is -2.43. The quantitative estimate of drug-likeness (QED) is 0.564. The molecule has 6 nitrogen and oxygen atoms in total. The molecule has 33 heavy (non-hydrogen) atoms. The van der Waals surface area contributed by atoms with Crippen molar-refractivity contribution in [1.82, 2.24) is 9.88 Å². The maximum atomic E-state index is 12.9. The van der Waals surface area contributed by atoms with Gasteiger partial charge in [0, 0.05) is 25.0 Å². The molecule has 1 unspecified atom stereocenters. The number of benzene rings is 1. The summed E-state index contributed by atoms with van der Waals surface area (Å²) in [5, 5.41) is 3.16. The van der Waals surface area contributed by atoms with E-state index in [2.05, 4.69) is 10.3 Å². The first kappa shape index (κ1) is 25.0. The number of amides is 2. The summed E-state index contributed by atoms with van der Waals surface area (Å²) >= 11 is 1.03. The number of hydrogen-bond acceptors (Lipinski definition) is 5. The van der Waals surface area contributed by atoms with Gasteiger partial charge in [0.1, 0.15) is 0 Å². The molecule has 2 aromatic rings. The fourth-order valence-electron chi connectivity index (χ4n) is 3.40. The van der Waals surface area contributed by atoms with E-state index in [1.165, 1.54) is 11.0 Å². The molecule has 2 amide bonds. The van der Waals surface area contributed by atoms with Crippen LogP contribution in [0.1, 0.15) is 29.5 Å². The number of rotatable bonds is 8. The molecule has 1 aromatic carbocycles. The minimum Gasteiger partial charge on any atom is -0.376 e. The van der Waals surface area contributed by atoms with Gasteiger partial charge in [0.25, 0.3) is 0 Å². The second kappa shape index (κ2) is 11.0. The van der Waals surface area contributed by atoms with Gasteiger partial charge in [-0.3, -0.25) is 9.59 Å². The van der Waals surface area contributed by atoms with Crippen molar-refractivity contribution in [2.45, 2.75) is 44.0 Å². The second-order valence-corrected chi connectivity index (χ2v) is 8.87. The molecule has 1 N–H and O–H groups in total. The van der Waals surface area contributed by atoms with Crippen molar-refractivity contribution in [3.63, 3.8) is 0 Å². The number of carbonyl (C=O) groups excluding carboxylic acids is 2. The van der Waals surface area contributed by atoms with Gasteiger partial charge in [-0.05, 0) is 56.0 Å². The normalized spacial score (nSPS) is 16.0. The molecule has 1 atom stereocenters. The van der Waals surface area contributed by atoms with Crippen molar-refractivity contribution in [3.05, 3.63) is 53.2 Å². The van der Waals surface area contributed by atoms with Crippen LogP contribution in [0.2, 0.25) is 0 Å². The number of pyridine rings is 1. The van der Waals surface area contributed by atoms with Crippen LogP contribution in [0.5, 0.6) is 0 Å². The van der Waals surface area contributed by atoms with Gasteiger partial charge < -0.3 is 15.0 Å². The highest BCUT2D eigenvalue weighted by atomic mass is 32.2. The number of alkyl halides is 3. The zero-order valence-electron chi connectivity index (χ0n) is 18.4. The summed E-state index contributed by atoms with van der Waals surface area (Å²) in [6.07, 6.45) is -2.17. The molecule has 3 rings (SSSR count). The summed E-state index contributed by atoms with van der Waals surface area (Å²) in [4.78, 5) is 30.8. The number of nitrogens with zero attached hydrogens (tertiary/aromatic N) is 2. The summed E-state index contributed by atoms with van der Waals surface area (Å²) in [7, 11) is 0. The Bertz CT molecular complexity index is 977. The third-order valence-electron chi connectivity index (χ3n) is 5.42. The van der Waals surface area contributed by atoms with Crippen LogP contribution >= 0.6 is 11.8 Å². The minimum atomic E-state index is -4.47. The van der Waals surface area contributed by atoms with Gasteiger partial charge in [0.05, 0.1) is 29.0 Å². The minimum absolute atomic E-state index is 0.0537. The monoisotopic (exact) mass is 481 g/mol. The molecule has 1 aliphatic rings. The summed E-state index contributed by atoms with van der Waals surface area (Å²) in [6, 6.07) is 7.77. The molecule has 2 heterocycles. The Balaban J connectivity index is 1.63. The second-order valence-electron chi connectivity index (χ2n) is 7.88. The highest BCUT2D eigenvalue weighted by Crippen LogP contribution is 2.29. The molecule has 0 radical (unpaired) electrons. The maximum absolute atomic E-state index is 12.9. The summed E-state index contributed by atoms with van der Waals surface area (Å²) in [5.41, 5.74) is 1.83. The number of hydrogen-bond donors (Lipinski definition) is 1. The molecular formula is C23H26F3N3O3S. The standard InChI is InChI=1S/C23H26F3N3O3S/c1-15-5-3-7-19(16(15)2)28-20(30)13-29(12-18-6-4-10-32-18)22(31)14-33-21-9-8-17(11-27-21)23(24,25)26/h3,5,7-9,11,18H,4,6,10,12-14H2,1-2H3,(H,28,30). The number of thioether (sulfide) groups is 1. The number of carbonyl (C=O) groups is 2. The average Bonchev–Trinajstić information content (AvgIpc) is 3.27. The summed E-state index contributed by atoms with van der Waals surface area (Å²) in [6.45, 7) is 4.61. The lowest BCUT2D eigenvalue weighted by molar-refractivity contribution is -0.138. The fourth-order valence-corrected chi connectivity index (χ4v) is 4.14. The lowest BCUT2D eigenvalue weighted by atomic mass is 10.1. The Morgan fingerprint density at radius 2 is 2.03 bits per heavy atom. The number of aromatic nitrogens is 1. The van der Waals surface area contributed by atoms with Crippen molar-refractivity contribution in [3.8, 4) is 0 Å². The Morgan fingerprint density at radius 1 is 1.24 bits per heavy atom. The van der Waals surface area contributed by atoms with E-state index >= 15 is 0 Å². The Kier molecular flexibility index (Phi) is 8.36.